The standard InChI is InChI=1S/C16H30N2O2/c1-3-14(20-2)15(19)17-13-16(9-5-6-10-16)18-11-7-4-8-12-18/h14H,3-13H2,1-2H3,(H,17,19)/t14-/m1/s1. The van der Waals surface area contributed by atoms with Crippen LogP contribution in [0.25, 0.3) is 0 Å². The number of hydrogen-bond acceptors (Lipinski definition) is 3. The number of nitrogens with zero attached hydrogens (tertiary/aromatic N) is 1. The Morgan fingerprint density at radius 3 is 2.40 bits per heavy atom. The molecule has 0 radical (unpaired) electrons. The highest BCUT2D eigenvalue weighted by Gasteiger charge is 2.40. The average molecular weight is 282 g/mol. The van der Waals surface area contributed by atoms with Crippen LogP contribution in [0, 0.1) is 0 Å². The van der Waals surface area contributed by atoms with Gasteiger partial charge in [-0.05, 0) is 45.2 Å². The highest BCUT2D eigenvalue weighted by molar-refractivity contribution is 5.80. The highest BCUT2D eigenvalue weighted by Crippen LogP contribution is 2.36. The van der Waals surface area contributed by atoms with E-state index in [2.05, 4.69) is 10.2 Å². The van der Waals surface area contributed by atoms with E-state index in [-0.39, 0.29) is 17.6 Å². The van der Waals surface area contributed by atoms with Crippen molar-refractivity contribution in [3.05, 3.63) is 0 Å². The predicted octanol–water partition coefficient (Wildman–Crippen LogP) is 2.33. The third-order valence-corrected chi connectivity index (χ3v) is 5.10. The van der Waals surface area contributed by atoms with E-state index in [9.17, 15) is 4.79 Å². The zero-order valence-electron chi connectivity index (χ0n) is 13.1. The molecular formula is C16H30N2O2. The van der Waals surface area contributed by atoms with Crippen LogP contribution in [-0.4, -0.2) is 49.2 Å². The number of carbonyl (C=O) groups is 1. The van der Waals surface area contributed by atoms with Gasteiger partial charge in [-0.2, -0.15) is 0 Å². The minimum Gasteiger partial charge on any atom is -0.372 e. The van der Waals surface area contributed by atoms with Crippen LogP contribution in [0.2, 0.25) is 0 Å². The molecule has 2 rings (SSSR count). The van der Waals surface area contributed by atoms with Crippen molar-refractivity contribution in [2.75, 3.05) is 26.7 Å². The summed E-state index contributed by atoms with van der Waals surface area (Å²) in [6.45, 7) is 5.20. The van der Waals surface area contributed by atoms with Gasteiger partial charge in [0.1, 0.15) is 6.10 Å². The first-order chi connectivity index (χ1) is 9.72. The van der Waals surface area contributed by atoms with E-state index in [1.54, 1.807) is 7.11 Å². The van der Waals surface area contributed by atoms with Crippen molar-refractivity contribution in [3.8, 4) is 0 Å². The van der Waals surface area contributed by atoms with Gasteiger partial charge in [0.15, 0.2) is 0 Å². The molecule has 0 unspecified atom stereocenters. The normalized spacial score (nSPS) is 24.5. The maximum atomic E-state index is 12.1. The molecule has 1 atom stereocenters. The molecular weight excluding hydrogens is 252 g/mol. The zero-order chi connectivity index (χ0) is 14.4. The zero-order valence-corrected chi connectivity index (χ0v) is 13.1. The third-order valence-electron chi connectivity index (χ3n) is 5.10. The molecule has 2 fully saturated rings. The van der Waals surface area contributed by atoms with Crippen molar-refractivity contribution in [1.29, 1.82) is 0 Å². The van der Waals surface area contributed by atoms with Crippen molar-refractivity contribution in [2.24, 2.45) is 0 Å². The second-order valence-electron chi connectivity index (χ2n) is 6.33. The lowest BCUT2D eigenvalue weighted by Gasteiger charge is -2.44. The molecule has 0 bridgehead atoms. The van der Waals surface area contributed by atoms with Gasteiger partial charge >= 0.3 is 0 Å². The molecule has 4 nitrogen and oxygen atoms in total. The van der Waals surface area contributed by atoms with Crippen molar-refractivity contribution in [1.82, 2.24) is 10.2 Å². The Bertz CT molecular complexity index is 304. The minimum absolute atomic E-state index is 0.0540. The molecule has 1 saturated heterocycles. The van der Waals surface area contributed by atoms with E-state index in [1.165, 1.54) is 58.0 Å². The summed E-state index contributed by atoms with van der Waals surface area (Å²) in [5.41, 5.74) is 0.224. The molecule has 1 amide bonds. The number of hydrogen-bond donors (Lipinski definition) is 1. The topological polar surface area (TPSA) is 41.6 Å². The summed E-state index contributed by atoms with van der Waals surface area (Å²) in [7, 11) is 1.61. The van der Waals surface area contributed by atoms with Gasteiger partial charge in [0.25, 0.3) is 0 Å². The van der Waals surface area contributed by atoms with E-state index in [0.29, 0.717) is 0 Å². The maximum Gasteiger partial charge on any atom is 0.249 e. The first kappa shape index (κ1) is 15.8. The number of likely N-dealkylation sites (tertiary alicyclic amines) is 1. The molecule has 2 aliphatic rings. The Morgan fingerprint density at radius 2 is 1.85 bits per heavy atom. The largest absolute Gasteiger partial charge is 0.372 e. The molecule has 0 aromatic carbocycles. The lowest BCUT2D eigenvalue weighted by atomic mass is 9.92. The summed E-state index contributed by atoms with van der Waals surface area (Å²) in [6.07, 6.45) is 9.49. The molecule has 0 aromatic heterocycles. The van der Waals surface area contributed by atoms with Gasteiger partial charge in [0.05, 0.1) is 0 Å². The van der Waals surface area contributed by atoms with Crippen LogP contribution in [-0.2, 0) is 9.53 Å². The molecule has 1 aliphatic carbocycles. The number of nitrogens with one attached hydrogen (secondary N) is 1. The Balaban J connectivity index is 1.93. The number of rotatable bonds is 6. The van der Waals surface area contributed by atoms with Crippen LogP contribution < -0.4 is 5.32 Å². The lowest BCUT2D eigenvalue weighted by Crippen LogP contribution is -2.56. The van der Waals surface area contributed by atoms with Gasteiger partial charge in [-0.25, -0.2) is 0 Å². The fourth-order valence-corrected chi connectivity index (χ4v) is 3.83. The van der Waals surface area contributed by atoms with Gasteiger partial charge in [0.2, 0.25) is 5.91 Å². The van der Waals surface area contributed by atoms with Crippen LogP contribution in [0.5, 0.6) is 0 Å². The van der Waals surface area contributed by atoms with Gasteiger partial charge in [0, 0.05) is 19.2 Å². The molecule has 20 heavy (non-hydrogen) atoms. The summed E-state index contributed by atoms with van der Waals surface area (Å²) in [5.74, 6) is 0.0540. The highest BCUT2D eigenvalue weighted by atomic mass is 16.5. The summed E-state index contributed by atoms with van der Waals surface area (Å²) in [4.78, 5) is 14.8. The molecule has 0 aromatic rings. The second kappa shape index (κ2) is 7.41. The first-order valence-corrected chi connectivity index (χ1v) is 8.27. The lowest BCUT2D eigenvalue weighted by molar-refractivity contribution is -0.132. The van der Waals surface area contributed by atoms with E-state index < -0.39 is 0 Å². The van der Waals surface area contributed by atoms with E-state index in [4.69, 9.17) is 4.74 Å². The maximum absolute atomic E-state index is 12.1. The van der Waals surface area contributed by atoms with Crippen LogP contribution >= 0.6 is 0 Å². The molecule has 116 valence electrons. The SMILES string of the molecule is CC[C@@H](OC)C(=O)NCC1(N2CCCCC2)CCCC1. The smallest absolute Gasteiger partial charge is 0.249 e. The van der Waals surface area contributed by atoms with Crippen LogP contribution in [0.3, 0.4) is 0 Å². The Hall–Kier alpha value is -0.610. The van der Waals surface area contributed by atoms with Gasteiger partial charge in [-0.3, -0.25) is 9.69 Å². The van der Waals surface area contributed by atoms with Crippen molar-refractivity contribution < 1.29 is 9.53 Å². The number of methoxy groups -OCH3 is 1. The molecule has 4 heteroatoms. The predicted molar refractivity (Wildman–Crippen MR) is 80.7 cm³/mol. The van der Waals surface area contributed by atoms with Gasteiger partial charge in [-0.15, -0.1) is 0 Å². The summed E-state index contributed by atoms with van der Waals surface area (Å²) < 4.78 is 5.23. The Kier molecular flexibility index (Phi) is 5.85. The van der Waals surface area contributed by atoms with Gasteiger partial charge in [-0.1, -0.05) is 26.2 Å². The third kappa shape index (κ3) is 3.53. The molecule has 1 saturated carbocycles. The van der Waals surface area contributed by atoms with E-state index in [1.807, 2.05) is 6.92 Å². The Labute approximate surface area is 123 Å². The average Bonchev–Trinajstić information content (AvgIpc) is 2.97. The number of amides is 1. The second-order valence-corrected chi connectivity index (χ2v) is 6.33. The van der Waals surface area contributed by atoms with Crippen molar-refractivity contribution in [2.45, 2.75) is 69.9 Å². The first-order valence-electron chi connectivity index (χ1n) is 8.27. The fraction of sp³-hybridized carbons (Fsp3) is 0.938. The van der Waals surface area contributed by atoms with Crippen LogP contribution in [0.15, 0.2) is 0 Å². The van der Waals surface area contributed by atoms with Crippen LogP contribution in [0.1, 0.15) is 58.3 Å². The number of piperidine rings is 1. The van der Waals surface area contributed by atoms with Crippen LogP contribution in [0.4, 0.5) is 0 Å². The van der Waals surface area contributed by atoms with Crippen molar-refractivity contribution in [3.63, 3.8) is 0 Å². The van der Waals surface area contributed by atoms with E-state index in [0.717, 1.165) is 13.0 Å². The minimum atomic E-state index is -0.296. The summed E-state index contributed by atoms with van der Waals surface area (Å²) in [6, 6.07) is 0. The summed E-state index contributed by atoms with van der Waals surface area (Å²) in [5, 5.41) is 3.16. The fourth-order valence-electron chi connectivity index (χ4n) is 3.83. The molecule has 0 spiro atoms. The molecule has 1 N–H and O–H groups in total. The monoisotopic (exact) mass is 282 g/mol. The van der Waals surface area contributed by atoms with Crippen molar-refractivity contribution >= 4 is 5.91 Å². The van der Waals surface area contributed by atoms with E-state index >= 15 is 0 Å². The molecule has 1 aliphatic heterocycles. The number of carbonyl (C=O) groups excluding carboxylic acids is 1. The molecule has 1 heterocycles. The number of ether oxygens (including phenoxy) is 1. The Morgan fingerprint density at radius 1 is 1.20 bits per heavy atom. The summed E-state index contributed by atoms with van der Waals surface area (Å²) >= 11 is 0. The quantitative estimate of drug-likeness (QED) is 0.813. The van der Waals surface area contributed by atoms with Gasteiger partial charge < -0.3 is 10.1 Å².